The van der Waals surface area contributed by atoms with Crippen LogP contribution in [-0.4, -0.2) is 34.1 Å². The number of nitrogens with one attached hydrogen (secondary N) is 2. The van der Waals surface area contributed by atoms with Gasteiger partial charge >= 0.3 is 0 Å². The molecule has 1 fully saturated rings. The van der Waals surface area contributed by atoms with E-state index in [-0.39, 0.29) is 22.1 Å². The minimum atomic E-state index is -0.574. The zero-order valence-electron chi connectivity index (χ0n) is 17.2. The van der Waals surface area contributed by atoms with E-state index >= 15 is 0 Å². The Balaban J connectivity index is 1.53. The maximum atomic E-state index is 12.7. The monoisotopic (exact) mass is 450 g/mol. The fourth-order valence-electron chi connectivity index (χ4n) is 3.92. The summed E-state index contributed by atoms with van der Waals surface area (Å²) in [6, 6.07) is 15.2. The molecule has 1 aliphatic rings. The lowest BCUT2D eigenvalue weighted by atomic mass is 10.1. The molecular formula is C23H22N4O4S. The van der Waals surface area contributed by atoms with E-state index in [1.807, 2.05) is 29.2 Å². The van der Waals surface area contributed by atoms with Crippen LogP contribution in [0.4, 0.5) is 17.1 Å². The number of phenols is 1. The summed E-state index contributed by atoms with van der Waals surface area (Å²) in [6.07, 6.45) is 3.09. The van der Waals surface area contributed by atoms with E-state index < -0.39 is 10.8 Å². The Hall–Kier alpha value is -3.72. The van der Waals surface area contributed by atoms with Crippen molar-refractivity contribution in [3.8, 4) is 5.75 Å². The first kappa shape index (κ1) is 21.5. The molecule has 164 valence electrons. The van der Waals surface area contributed by atoms with Crippen LogP contribution < -0.4 is 15.5 Å². The number of nitro benzene ring substituents is 1. The molecule has 0 aromatic heterocycles. The molecule has 3 aromatic carbocycles. The van der Waals surface area contributed by atoms with Crippen LogP contribution in [0.15, 0.2) is 54.6 Å². The number of phenolic OH excluding ortho intramolecular Hbond substituents is 1. The zero-order chi connectivity index (χ0) is 22.7. The van der Waals surface area contributed by atoms with Gasteiger partial charge in [0, 0.05) is 30.1 Å². The first-order valence-corrected chi connectivity index (χ1v) is 10.7. The lowest BCUT2D eigenvalue weighted by Crippen LogP contribution is -2.34. The summed E-state index contributed by atoms with van der Waals surface area (Å²) in [7, 11) is 0. The molecule has 0 aliphatic carbocycles. The average molecular weight is 451 g/mol. The summed E-state index contributed by atoms with van der Waals surface area (Å²) >= 11 is 5.25. The second-order valence-corrected chi connectivity index (χ2v) is 8.01. The Bertz CT molecular complexity index is 1210. The summed E-state index contributed by atoms with van der Waals surface area (Å²) in [5.74, 6) is -0.586. The Labute approximate surface area is 190 Å². The van der Waals surface area contributed by atoms with Crippen molar-refractivity contribution in [2.75, 3.05) is 23.3 Å². The third-order valence-corrected chi connectivity index (χ3v) is 5.71. The van der Waals surface area contributed by atoms with Crippen molar-refractivity contribution in [2.24, 2.45) is 0 Å². The minimum Gasteiger partial charge on any atom is -0.506 e. The fourth-order valence-corrected chi connectivity index (χ4v) is 4.12. The number of hydrogen-bond donors (Lipinski definition) is 3. The molecular weight excluding hydrogens is 428 g/mol. The van der Waals surface area contributed by atoms with Gasteiger partial charge in [-0.1, -0.05) is 30.3 Å². The number of nitrogens with zero attached hydrogens (tertiary/aromatic N) is 2. The van der Waals surface area contributed by atoms with Crippen molar-refractivity contribution in [3.63, 3.8) is 0 Å². The summed E-state index contributed by atoms with van der Waals surface area (Å²) in [5, 5.41) is 28.9. The van der Waals surface area contributed by atoms with Crippen molar-refractivity contribution in [2.45, 2.75) is 19.3 Å². The number of amides is 1. The molecule has 4 rings (SSSR count). The van der Waals surface area contributed by atoms with Gasteiger partial charge in [-0.3, -0.25) is 20.2 Å². The Morgan fingerprint density at radius 1 is 1.06 bits per heavy atom. The molecule has 8 nitrogen and oxygen atoms in total. The molecule has 1 heterocycles. The number of hydrogen-bond acceptors (Lipinski definition) is 6. The van der Waals surface area contributed by atoms with E-state index in [2.05, 4.69) is 10.6 Å². The highest BCUT2D eigenvalue weighted by atomic mass is 32.1. The van der Waals surface area contributed by atoms with E-state index in [1.54, 1.807) is 18.2 Å². The van der Waals surface area contributed by atoms with Crippen LogP contribution in [0.1, 0.15) is 29.6 Å². The van der Waals surface area contributed by atoms with Gasteiger partial charge in [0.1, 0.15) is 11.4 Å². The van der Waals surface area contributed by atoms with Crippen LogP contribution in [-0.2, 0) is 0 Å². The molecule has 1 aliphatic heterocycles. The molecule has 0 unspecified atom stereocenters. The number of fused-ring (bicyclic) bond motifs is 1. The summed E-state index contributed by atoms with van der Waals surface area (Å²) in [5.41, 5.74) is 0.918. The van der Waals surface area contributed by atoms with Gasteiger partial charge in [-0.2, -0.15) is 0 Å². The van der Waals surface area contributed by atoms with E-state index in [4.69, 9.17) is 12.2 Å². The van der Waals surface area contributed by atoms with Crippen LogP contribution in [0.2, 0.25) is 0 Å². The number of benzene rings is 3. The van der Waals surface area contributed by atoms with Gasteiger partial charge in [0.2, 0.25) is 0 Å². The summed E-state index contributed by atoms with van der Waals surface area (Å²) in [6.45, 7) is 1.52. The molecule has 0 saturated carbocycles. The van der Waals surface area contributed by atoms with Crippen molar-refractivity contribution in [3.05, 3.63) is 70.3 Å². The number of carbonyl (C=O) groups is 1. The first-order chi connectivity index (χ1) is 15.4. The normalized spacial score (nSPS) is 13.6. The quantitative estimate of drug-likeness (QED) is 0.231. The minimum absolute atomic E-state index is 0.0122. The molecule has 0 radical (unpaired) electrons. The Morgan fingerprint density at radius 2 is 1.81 bits per heavy atom. The fraction of sp³-hybridized carbons (Fsp3) is 0.217. The third-order valence-electron chi connectivity index (χ3n) is 5.50. The second-order valence-electron chi connectivity index (χ2n) is 7.60. The van der Waals surface area contributed by atoms with Gasteiger partial charge in [-0.15, -0.1) is 0 Å². The molecule has 1 amide bonds. The predicted molar refractivity (Wildman–Crippen MR) is 128 cm³/mol. The zero-order valence-corrected chi connectivity index (χ0v) is 18.0. The molecule has 0 atom stereocenters. The Kier molecular flexibility index (Phi) is 6.18. The summed E-state index contributed by atoms with van der Waals surface area (Å²) < 4.78 is 0. The number of rotatable bonds is 4. The van der Waals surface area contributed by atoms with Crippen molar-refractivity contribution in [1.82, 2.24) is 5.32 Å². The van der Waals surface area contributed by atoms with E-state index in [0.29, 0.717) is 11.4 Å². The Morgan fingerprint density at radius 3 is 2.56 bits per heavy atom. The van der Waals surface area contributed by atoms with E-state index in [0.717, 1.165) is 43.1 Å². The number of nitro groups is 1. The molecule has 0 bridgehead atoms. The molecule has 1 saturated heterocycles. The highest BCUT2D eigenvalue weighted by molar-refractivity contribution is 7.80. The highest BCUT2D eigenvalue weighted by Gasteiger charge is 2.23. The third kappa shape index (κ3) is 4.47. The maximum Gasteiger partial charge on any atom is 0.293 e. The van der Waals surface area contributed by atoms with Crippen LogP contribution in [0.5, 0.6) is 5.75 Å². The van der Waals surface area contributed by atoms with Gasteiger partial charge in [0.25, 0.3) is 11.6 Å². The first-order valence-electron chi connectivity index (χ1n) is 10.3. The van der Waals surface area contributed by atoms with E-state index in [9.17, 15) is 20.0 Å². The second kappa shape index (κ2) is 9.19. The predicted octanol–water partition coefficient (Wildman–Crippen LogP) is 4.57. The lowest BCUT2D eigenvalue weighted by Gasteiger charge is -2.28. The number of aromatic hydroxyl groups is 1. The molecule has 3 N–H and O–H groups in total. The number of carbonyl (C=O) groups excluding carboxylic acids is 1. The highest BCUT2D eigenvalue weighted by Crippen LogP contribution is 2.33. The number of anilines is 2. The number of thiocarbonyl (C=S) groups is 1. The van der Waals surface area contributed by atoms with Crippen molar-refractivity contribution < 1.29 is 14.8 Å². The van der Waals surface area contributed by atoms with Crippen molar-refractivity contribution >= 4 is 51.1 Å². The van der Waals surface area contributed by atoms with Crippen LogP contribution in [0.25, 0.3) is 10.8 Å². The SMILES string of the molecule is O=C(NC(=S)Nc1c(O)ccc2ccccc12)c1ccc(N2CCCCC2)c([N+](=O)[O-])c1. The molecule has 0 spiro atoms. The van der Waals surface area contributed by atoms with Gasteiger partial charge in [0.15, 0.2) is 5.11 Å². The lowest BCUT2D eigenvalue weighted by molar-refractivity contribution is -0.384. The van der Waals surface area contributed by atoms with Gasteiger partial charge in [-0.05, 0) is 55.1 Å². The van der Waals surface area contributed by atoms with Gasteiger partial charge < -0.3 is 15.3 Å². The number of piperidine rings is 1. The standard InChI is InChI=1S/C23H22N4O4S/c28-20-11-9-15-6-2-3-7-17(15)21(20)24-23(32)25-22(29)16-8-10-18(19(14-16)27(30)31)26-12-4-1-5-13-26/h2-3,6-11,14,28H,1,4-5,12-13H2,(H2,24,25,29,32). The molecule has 32 heavy (non-hydrogen) atoms. The van der Waals surface area contributed by atoms with Gasteiger partial charge in [-0.25, -0.2) is 0 Å². The van der Waals surface area contributed by atoms with Crippen LogP contribution in [0, 0.1) is 10.1 Å². The topological polar surface area (TPSA) is 108 Å². The summed E-state index contributed by atoms with van der Waals surface area (Å²) in [4.78, 5) is 25.9. The van der Waals surface area contributed by atoms with Crippen LogP contribution in [0.3, 0.4) is 0 Å². The smallest absolute Gasteiger partial charge is 0.293 e. The largest absolute Gasteiger partial charge is 0.506 e. The van der Waals surface area contributed by atoms with Crippen LogP contribution >= 0.6 is 12.2 Å². The maximum absolute atomic E-state index is 12.7. The average Bonchev–Trinajstić information content (AvgIpc) is 2.81. The van der Waals surface area contributed by atoms with E-state index in [1.165, 1.54) is 12.1 Å². The van der Waals surface area contributed by atoms with Gasteiger partial charge in [0.05, 0.1) is 10.6 Å². The van der Waals surface area contributed by atoms with Crippen molar-refractivity contribution in [1.29, 1.82) is 0 Å². The molecule has 3 aromatic rings. The molecule has 9 heteroatoms.